The highest BCUT2D eigenvalue weighted by molar-refractivity contribution is 6.32. The number of amides is 1. The van der Waals surface area contributed by atoms with Crippen molar-refractivity contribution in [2.45, 2.75) is 26.9 Å². The molecule has 0 saturated carbocycles. The number of hydrogen-bond acceptors (Lipinski definition) is 5. The number of esters is 1. The fourth-order valence-corrected chi connectivity index (χ4v) is 2.63. The van der Waals surface area contributed by atoms with Gasteiger partial charge in [0, 0.05) is 5.69 Å². The second-order valence-electron chi connectivity index (χ2n) is 6.03. The summed E-state index contributed by atoms with van der Waals surface area (Å²) in [6.07, 6.45) is -0.985. The van der Waals surface area contributed by atoms with E-state index >= 15 is 0 Å². The Morgan fingerprint density at radius 1 is 1.11 bits per heavy atom. The van der Waals surface area contributed by atoms with E-state index in [0.29, 0.717) is 22.2 Å². The summed E-state index contributed by atoms with van der Waals surface area (Å²) < 4.78 is 15.6. The maximum Gasteiger partial charge on any atom is 0.344 e. The van der Waals surface area contributed by atoms with Gasteiger partial charge in [0.25, 0.3) is 5.91 Å². The zero-order chi connectivity index (χ0) is 20.0. The van der Waals surface area contributed by atoms with Gasteiger partial charge in [-0.25, -0.2) is 4.79 Å². The van der Waals surface area contributed by atoms with Crippen LogP contribution in [-0.2, 0) is 14.3 Å². The predicted molar refractivity (Wildman–Crippen MR) is 104 cm³/mol. The zero-order valence-corrected chi connectivity index (χ0v) is 16.4. The number of aryl methyl sites for hydroxylation is 2. The van der Waals surface area contributed by atoms with Crippen LogP contribution in [0.2, 0.25) is 5.02 Å². The first-order valence-electron chi connectivity index (χ1n) is 8.34. The smallest absolute Gasteiger partial charge is 0.344 e. The van der Waals surface area contributed by atoms with Gasteiger partial charge in [-0.1, -0.05) is 29.3 Å². The second kappa shape index (κ2) is 9.28. The standard InChI is InChI=1S/C20H22ClNO5/c1-12-5-7-17(13(2)9-12)26-11-19(23)27-14(3)20(24)22-15-6-8-18(25-4)16(21)10-15/h5-10,14H,11H2,1-4H3,(H,22,24)/t14-/m0/s1. The second-order valence-corrected chi connectivity index (χ2v) is 6.44. The van der Waals surface area contributed by atoms with Gasteiger partial charge in [0.1, 0.15) is 11.5 Å². The van der Waals surface area contributed by atoms with Crippen molar-refractivity contribution in [3.8, 4) is 11.5 Å². The van der Waals surface area contributed by atoms with Crippen molar-refractivity contribution in [1.82, 2.24) is 0 Å². The van der Waals surface area contributed by atoms with Gasteiger partial charge in [-0.2, -0.15) is 0 Å². The van der Waals surface area contributed by atoms with Crippen molar-refractivity contribution in [2.75, 3.05) is 19.0 Å². The molecule has 2 aromatic rings. The molecule has 1 N–H and O–H groups in total. The number of carbonyl (C=O) groups is 2. The van der Waals surface area contributed by atoms with Gasteiger partial charge < -0.3 is 19.5 Å². The molecule has 7 heteroatoms. The summed E-state index contributed by atoms with van der Waals surface area (Å²) in [5.41, 5.74) is 2.50. The predicted octanol–water partition coefficient (Wildman–Crippen LogP) is 3.91. The van der Waals surface area contributed by atoms with Crippen LogP contribution < -0.4 is 14.8 Å². The highest BCUT2D eigenvalue weighted by Gasteiger charge is 2.19. The van der Waals surface area contributed by atoms with Crippen LogP contribution in [0.25, 0.3) is 0 Å². The summed E-state index contributed by atoms with van der Waals surface area (Å²) in [6, 6.07) is 10.5. The summed E-state index contributed by atoms with van der Waals surface area (Å²) in [7, 11) is 1.50. The van der Waals surface area contributed by atoms with E-state index in [2.05, 4.69) is 5.32 Å². The third kappa shape index (κ3) is 5.89. The Morgan fingerprint density at radius 2 is 1.81 bits per heavy atom. The first-order chi connectivity index (χ1) is 12.8. The minimum absolute atomic E-state index is 0.282. The van der Waals surface area contributed by atoms with Crippen molar-refractivity contribution in [2.24, 2.45) is 0 Å². The highest BCUT2D eigenvalue weighted by Crippen LogP contribution is 2.27. The molecule has 0 fully saturated rings. The lowest BCUT2D eigenvalue weighted by Crippen LogP contribution is -2.31. The van der Waals surface area contributed by atoms with E-state index in [1.165, 1.54) is 14.0 Å². The lowest BCUT2D eigenvalue weighted by Gasteiger charge is -2.15. The van der Waals surface area contributed by atoms with E-state index in [1.807, 2.05) is 26.0 Å². The molecule has 0 radical (unpaired) electrons. The average molecular weight is 392 g/mol. The maximum absolute atomic E-state index is 12.2. The van der Waals surface area contributed by atoms with Crippen LogP contribution in [0.4, 0.5) is 5.69 Å². The van der Waals surface area contributed by atoms with E-state index in [4.69, 9.17) is 25.8 Å². The molecule has 0 aromatic heterocycles. The van der Waals surface area contributed by atoms with Gasteiger partial charge in [-0.05, 0) is 50.6 Å². The van der Waals surface area contributed by atoms with Crippen LogP contribution in [0.5, 0.6) is 11.5 Å². The molecule has 0 bridgehead atoms. The molecule has 0 aliphatic rings. The Morgan fingerprint density at radius 3 is 2.44 bits per heavy atom. The number of ether oxygens (including phenoxy) is 3. The molecule has 1 atom stereocenters. The Balaban J connectivity index is 1.86. The molecule has 2 aromatic carbocycles. The Bertz CT molecular complexity index is 837. The number of nitrogens with one attached hydrogen (secondary N) is 1. The molecule has 6 nitrogen and oxygen atoms in total. The first-order valence-corrected chi connectivity index (χ1v) is 8.72. The molecule has 2 rings (SSSR count). The van der Waals surface area contributed by atoms with E-state index in [-0.39, 0.29) is 6.61 Å². The average Bonchev–Trinajstić information content (AvgIpc) is 2.61. The molecular weight excluding hydrogens is 370 g/mol. The molecule has 0 unspecified atom stereocenters. The van der Waals surface area contributed by atoms with Gasteiger partial charge in [-0.3, -0.25) is 4.79 Å². The van der Waals surface area contributed by atoms with Crippen molar-refractivity contribution in [1.29, 1.82) is 0 Å². The van der Waals surface area contributed by atoms with Crippen molar-refractivity contribution in [3.63, 3.8) is 0 Å². The van der Waals surface area contributed by atoms with Crippen LogP contribution in [0, 0.1) is 13.8 Å². The number of halogens is 1. The summed E-state index contributed by atoms with van der Waals surface area (Å²) in [4.78, 5) is 24.1. The summed E-state index contributed by atoms with van der Waals surface area (Å²) in [5.74, 6) is -0.0123. The van der Waals surface area contributed by atoms with Crippen LogP contribution in [0.15, 0.2) is 36.4 Å². The summed E-state index contributed by atoms with van der Waals surface area (Å²) in [5, 5.41) is 2.99. The largest absolute Gasteiger partial charge is 0.495 e. The minimum atomic E-state index is -0.985. The number of carbonyl (C=O) groups excluding carboxylic acids is 2. The monoisotopic (exact) mass is 391 g/mol. The van der Waals surface area contributed by atoms with Gasteiger partial charge in [0.05, 0.1) is 12.1 Å². The molecule has 0 heterocycles. The van der Waals surface area contributed by atoms with Crippen LogP contribution in [-0.4, -0.2) is 31.7 Å². The zero-order valence-electron chi connectivity index (χ0n) is 15.7. The van der Waals surface area contributed by atoms with Crippen molar-refractivity contribution in [3.05, 3.63) is 52.5 Å². The van der Waals surface area contributed by atoms with E-state index in [0.717, 1.165) is 11.1 Å². The molecule has 144 valence electrons. The molecular formula is C20H22ClNO5. The highest BCUT2D eigenvalue weighted by atomic mass is 35.5. The van der Waals surface area contributed by atoms with Gasteiger partial charge in [-0.15, -0.1) is 0 Å². The lowest BCUT2D eigenvalue weighted by atomic mass is 10.1. The van der Waals surface area contributed by atoms with E-state index in [1.54, 1.807) is 24.3 Å². The molecule has 27 heavy (non-hydrogen) atoms. The van der Waals surface area contributed by atoms with Crippen LogP contribution >= 0.6 is 11.6 Å². The Hall–Kier alpha value is -2.73. The number of anilines is 1. The Kier molecular flexibility index (Phi) is 7.07. The van der Waals surface area contributed by atoms with Gasteiger partial charge in [0.15, 0.2) is 12.7 Å². The topological polar surface area (TPSA) is 73.9 Å². The minimum Gasteiger partial charge on any atom is -0.495 e. The number of benzene rings is 2. The van der Waals surface area contributed by atoms with Crippen LogP contribution in [0.1, 0.15) is 18.1 Å². The molecule has 0 aliphatic heterocycles. The number of methoxy groups -OCH3 is 1. The van der Waals surface area contributed by atoms with Gasteiger partial charge in [0.2, 0.25) is 0 Å². The lowest BCUT2D eigenvalue weighted by molar-refractivity contribution is -0.155. The van der Waals surface area contributed by atoms with E-state index < -0.39 is 18.0 Å². The SMILES string of the molecule is COc1ccc(NC(=O)[C@H](C)OC(=O)COc2ccc(C)cc2C)cc1Cl. The summed E-state index contributed by atoms with van der Waals surface area (Å²) >= 11 is 6.02. The number of hydrogen-bond donors (Lipinski definition) is 1. The Labute approximate surface area is 163 Å². The molecule has 0 spiro atoms. The summed E-state index contributed by atoms with van der Waals surface area (Å²) in [6.45, 7) is 5.07. The molecule has 1 amide bonds. The van der Waals surface area contributed by atoms with Crippen molar-refractivity contribution >= 4 is 29.2 Å². The quantitative estimate of drug-likeness (QED) is 0.724. The van der Waals surface area contributed by atoms with E-state index in [9.17, 15) is 9.59 Å². The van der Waals surface area contributed by atoms with Crippen LogP contribution in [0.3, 0.4) is 0 Å². The fourth-order valence-electron chi connectivity index (χ4n) is 2.37. The third-order valence-electron chi connectivity index (χ3n) is 3.77. The normalized spacial score (nSPS) is 11.4. The molecule has 0 saturated heterocycles. The fraction of sp³-hybridized carbons (Fsp3) is 0.300. The van der Waals surface area contributed by atoms with Crippen molar-refractivity contribution < 1.29 is 23.8 Å². The number of rotatable bonds is 7. The first kappa shape index (κ1) is 20.6. The third-order valence-corrected chi connectivity index (χ3v) is 4.07. The molecule has 0 aliphatic carbocycles. The van der Waals surface area contributed by atoms with Gasteiger partial charge >= 0.3 is 5.97 Å². The maximum atomic E-state index is 12.2.